The van der Waals surface area contributed by atoms with Gasteiger partial charge in [0.25, 0.3) is 11.5 Å². The Morgan fingerprint density at radius 1 is 1.43 bits per heavy atom. The summed E-state index contributed by atoms with van der Waals surface area (Å²) in [7, 11) is 1.58. The molecule has 120 valence electrons. The van der Waals surface area contributed by atoms with Crippen molar-refractivity contribution in [2.75, 3.05) is 6.61 Å². The quantitative estimate of drug-likeness (QED) is 0.641. The first-order valence-electron chi connectivity index (χ1n) is 6.94. The van der Waals surface area contributed by atoms with Gasteiger partial charge in [-0.1, -0.05) is 0 Å². The Balaban J connectivity index is 2.07. The minimum atomic E-state index is -0.549. The second kappa shape index (κ2) is 7.73. The van der Waals surface area contributed by atoms with Crippen molar-refractivity contribution in [2.24, 2.45) is 12.1 Å². The summed E-state index contributed by atoms with van der Waals surface area (Å²) in [5.41, 5.74) is 2.79. The van der Waals surface area contributed by atoms with Gasteiger partial charge in [0.15, 0.2) is 0 Å². The van der Waals surface area contributed by atoms with Crippen molar-refractivity contribution >= 4 is 28.1 Å². The van der Waals surface area contributed by atoms with E-state index < -0.39 is 5.91 Å². The molecule has 23 heavy (non-hydrogen) atoms. The number of rotatable bonds is 5. The summed E-state index contributed by atoms with van der Waals surface area (Å²) in [4.78, 5) is 23.8. The van der Waals surface area contributed by atoms with E-state index in [4.69, 9.17) is 4.74 Å². The summed E-state index contributed by atoms with van der Waals surface area (Å²) in [6, 6.07) is 8.53. The lowest BCUT2D eigenvalue weighted by atomic mass is 10.2. The summed E-state index contributed by atoms with van der Waals surface area (Å²) < 4.78 is 7.55. The van der Waals surface area contributed by atoms with Gasteiger partial charge < -0.3 is 9.30 Å². The van der Waals surface area contributed by atoms with Crippen molar-refractivity contribution in [1.29, 1.82) is 0 Å². The van der Waals surface area contributed by atoms with E-state index in [1.807, 2.05) is 25.1 Å². The molecule has 1 aromatic carbocycles. The van der Waals surface area contributed by atoms with Gasteiger partial charge in [0.05, 0.1) is 17.3 Å². The average Bonchev–Trinajstić information content (AvgIpc) is 2.52. The highest BCUT2D eigenvalue weighted by molar-refractivity contribution is 9.10. The summed E-state index contributed by atoms with van der Waals surface area (Å²) >= 11 is 3.41. The van der Waals surface area contributed by atoms with E-state index in [-0.39, 0.29) is 11.1 Å². The van der Waals surface area contributed by atoms with Crippen molar-refractivity contribution < 1.29 is 9.53 Å². The first-order chi connectivity index (χ1) is 11.0. The van der Waals surface area contributed by atoms with Gasteiger partial charge in [-0.15, -0.1) is 0 Å². The number of nitrogens with one attached hydrogen (secondary N) is 1. The van der Waals surface area contributed by atoms with E-state index in [9.17, 15) is 9.59 Å². The molecule has 0 atom stereocenters. The maximum absolute atomic E-state index is 11.9. The Morgan fingerprint density at radius 2 is 2.22 bits per heavy atom. The van der Waals surface area contributed by atoms with Gasteiger partial charge >= 0.3 is 0 Å². The van der Waals surface area contributed by atoms with Crippen LogP contribution < -0.4 is 15.7 Å². The van der Waals surface area contributed by atoms with Gasteiger partial charge in [-0.2, -0.15) is 5.10 Å². The Hall–Kier alpha value is -2.41. The molecule has 0 unspecified atom stereocenters. The van der Waals surface area contributed by atoms with Crippen LogP contribution in [0.1, 0.15) is 22.8 Å². The zero-order valence-corrected chi connectivity index (χ0v) is 14.3. The smallest absolute Gasteiger partial charge is 0.276 e. The fourth-order valence-electron chi connectivity index (χ4n) is 1.87. The standard InChI is InChI=1S/C16H16BrN3O3/c1-3-23-14-7-6-11(9-13(14)17)10-18-19-15(21)12-5-4-8-20(2)16(12)22/h4-10H,3H2,1-2H3,(H,19,21)/b18-10-. The minimum Gasteiger partial charge on any atom is -0.493 e. The van der Waals surface area contributed by atoms with Crippen LogP contribution in [0.25, 0.3) is 0 Å². The third-order valence-corrected chi connectivity index (χ3v) is 3.62. The Morgan fingerprint density at radius 3 is 2.91 bits per heavy atom. The molecule has 6 nitrogen and oxygen atoms in total. The first-order valence-corrected chi connectivity index (χ1v) is 7.73. The molecule has 0 radical (unpaired) electrons. The van der Waals surface area contributed by atoms with Crippen LogP contribution >= 0.6 is 15.9 Å². The third kappa shape index (κ3) is 4.29. The molecule has 0 spiro atoms. The van der Waals surface area contributed by atoms with Crippen LogP contribution in [0.2, 0.25) is 0 Å². The Bertz CT molecular complexity index is 799. The van der Waals surface area contributed by atoms with Crippen LogP contribution in [0.3, 0.4) is 0 Å². The second-order valence-electron chi connectivity index (χ2n) is 4.66. The van der Waals surface area contributed by atoms with E-state index in [1.165, 1.54) is 16.8 Å². The zero-order chi connectivity index (χ0) is 16.8. The van der Waals surface area contributed by atoms with Crippen LogP contribution in [0.5, 0.6) is 5.75 Å². The molecule has 0 aliphatic heterocycles. The maximum atomic E-state index is 11.9. The number of carbonyl (C=O) groups excluding carboxylic acids is 1. The molecule has 0 aliphatic rings. The molecule has 1 heterocycles. The minimum absolute atomic E-state index is 0.0417. The van der Waals surface area contributed by atoms with Gasteiger partial charge in [0.2, 0.25) is 0 Å². The van der Waals surface area contributed by atoms with Gasteiger partial charge in [-0.05, 0) is 58.7 Å². The number of carbonyl (C=O) groups is 1. The molecule has 0 saturated carbocycles. The number of aryl methyl sites for hydroxylation is 1. The number of nitrogens with zero attached hydrogens (tertiary/aromatic N) is 2. The van der Waals surface area contributed by atoms with Gasteiger partial charge in [0.1, 0.15) is 11.3 Å². The molecule has 0 saturated heterocycles. The summed E-state index contributed by atoms with van der Waals surface area (Å²) in [6.07, 6.45) is 3.08. The SMILES string of the molecule is CCOc1ccc(/C=N\NC(=O)c2cccn(C)c2=O)cc1Br. The number of aromatic nitrogens is 1. The average molecular weight is 378 g/mol. The van der Waals surface area contributed by atoms with Crippen LogP contribution in [-0.2, 0) is 7.05 Å². The molecule has 2 rings (SSSR count). The van der Waals surface area contributed by atoms with Gasteiger partial charge in [-0.3, -0.25) is 9.59 Å². The van der Waals surface area contributed by atoms with E-state index >= 15 is 0 Å². The molecule has 1 N–H and O–H groups in total. The monoisotopic (exact) mass is 377 g/mol. The highest BCUT2D eigenvalue weighted by atomic mass is 79.9. The molecule has 7 heteroatoms. The van der Waals surface area contributed by atoms with Crippen LogP contribution in [0, 0.1) is 0 Å². The van der Waals surface area contributed by atoms with Gasteiger partial charge in [0, 0.05) is 13.2 Å². The number of hydrogen-bond acceptors (Lipinski definition) is 4. The normalized spacial score (nSPS) is 10.7. The number of amides is 1. The second-order valence-corrected chi connectivity index (χ2v) is 5.51. The number of halogens is 1. The van der Waals surface area contributed by atoms with Crippen molar-refractivity contribution in [3.05, 3.63) is 62.5 Å². The third-order valence-electron chi connectivity index (χ3n) is 3.00. The number of pyridine rings is 1. The van der Waals surface area contributed by atoms with Crippen molar-refractivity contribution in [2.45, 2.75) is 6.92 Å². The van der Waals surface area contributed by atoms with Crippen molar-refractivity contribution in [3.63, 3.8) is 0 Å². The lowest BCUT2D eigenvalue weighted by Crippen LogP contribution is -2.29. The molecular weight excluding hydrogens is 362 g/mol. The van der Waals surface area contributed by atoms with E-state index in [0.717, 1.165) is 15.8 Å². The molecule has 0 bridgehead atoms. The summed E-state index contributed by atoms with van der Waals surface area (Å²) in [5.74, 6) is 0.189. The topological polar surface area (TPSA) is 72.7 Å². The van der Waals surface area contributed by atoms with Crippen LogP contribution in [-0.4, -0.2) is 23.3 Å². The predicted octanol–water partition coefficient (Wildman–Crippen LogP) is 2.31. The highest BCUT2D eigenvalue weighted by Crippen LogP contribution is 2.25. The van der Waals surface area contributed by atoms with Crippen molar-refractivity contribution in [3.8, 4) is 5.75 Å². The van der Waals surface area contributed by atoms with E-state index in [2.05, 4.69) is 26.5 Å². The summed E-state index contributed by atoms with van der Waals surface area (Å²) in [6.45, 7) is 2.49. The zero-order valence-electron chi connectivity index (χ0n) is 12.7. The van der Waals surface area contributed by atoms with Crippen molar-refractivity contribution in [1.82, 2.24) is 9.99 Å². The number of benzene rings is 1. The van der Waals surface area contributed by atoms with Crippen LogP contribution in [0.15, 0.2) is 50.9 Å². The molecule has 1 amide bonds. The molecule has 2 aromatic rings. The molecule has 0 aliphatic carbocycles. The highest BCUT2D eigenvalue weighted by Gasteiger charge is 2.09. The Labute approximate surface area is 141 Å². The van der Waals surface area contributed by atoms with Gasteiger partial charge in [-0.25, -0.2) is 5.43 Å². The number of ether oxygens (including phenoxy) is 1. The summed E-state index contributed by atoms with van der Waals surface area (Å²) in [5, 5.41) is 3.87. The fourth-order valence-corrected chi connectivity index (χ4v) is 2.38. The van der Waals surface area contributed by atoms with Crippen LogP contribution in [0.4, 0.5) is 0 Å². The van der Waals surface area contributed by atoms with E-state index in [1.54, 1.807) is 19.3 Å². The largest absolute Gasteiger partial charge is 0.493 e. The lowest BCUT2D eigenvalue weighted by molar-refractivity contribution is 0.0953. The Kier molecular flexibility index (Phi) is 5.70. The molecular formula is C16H16BrN3O3. The van der Waals surface area contributed by atoms with E-state index in [0.29, 0.717) is 6.61 Å². The number of hydrogen-bond donors (Lipinski definition) is 1. The first kappa shape index (κ1) is 17.0. The molecule has 0 fully saturated rings. The number of hydrazone groups is 1. The maximum Gasteiger partial charge on any atom is 0.276 e. The predicted molar refractivity (Wildman–Crippen MR) is 92.1 cm³/mol. The fraction of sp³-hybridized carbons (Fsp3) is 0.188. The lowest BCUT2D eigenvalue weighted by Gasteiger charge is -2.05. The molecule has 1 aromatic heterocycles.